The second kappa shape index (κ2) is 8.16. The molecule has 1 aliphatic carbocycles. The SMILES string of the molecule is CC(C)(C)OC(=O)NC1C=CCCC1NC(=O)c1ccc(CO)cc1. The van der Waals surface area contributed by atoms with Gasteiger partial charge in [-0.3, -0.25) is 4.79 Å². The van der Waals surface area contributed by atoms with Gasteiger partial charge in [-0.15, -0.1) is 0 Å². The van der Waals surface area contributed by atoms with Crippen molar-refractivity contribution in [2.75, 3.05) is 0 Å². The first-order chi connectivity index (χ1) is 11.8. The Bertz CT molecular complexity index is 632. The molecule has 0 fully saturated rings. The van der Waals surface area contributed by atoms with E-state index in [0.29, 0.717) is 5.56 Å². The fourth-order valence-corrected chi connectivity index (χ4v) is 2.60. The predicted molar refractivity (Wildman–Crippen MR) is 95.2 cm³/mol. The average Bonchev–Trinajstić information content (AvgIpc) is 2.55. The first-order valence-corrected chi connectivity index (χ1v) is 8.45. The van der Waals surface area contributed by atoms with Crippen LogP contribution in [0.5, 0.6) is 0 Å². The Morgan fingerprint density at radius 2 is 1.88 bits per heavy atom. The summed E-state index contributed by atoms with van der Waals surface area (Å²) in [5, 5.41) is 14.8. The smallest absolute Gasteiger partial charge is 0.408 e. The number of nitrogens with one attached hydrogen (secondary N) is 2. The fourth-order valence-electron chi connectivity index (χ4n) is 2.60. The van der Waals surface area contributed by atoms with Crippen LogP contribution in [0.4, 0.5) is 4.79 Å². The zero-order valence-electron chi connectivity index (χ0n) is 14.9. The van der Waals surface area contributed by atoms with Crippen LogP contribution in [0.3, 0.4) is 0 Å². The van der Waals surface area contributed by atoms with Crippen LogP contribution in [-0.2, 0) is 11.3 Å². The molecular formula is C19H26N2O4. The third-order valence-electron chi connectivity index (χ3n) is 3.82. The summed E-state index contributed by atoms with van der Waals surface area (Å²) in [5.41, 5.74) is 0.694. The van der Waals surface area contributed by atoms with Gasteiger partial charge in [0.05, 0.1) is 18.7 Å². The normalized spacial score (nSPS) is 20.0. The molecular weight excluding hydrogens is 320 g/mol. The quantitative estimate of drug-likeness (QED) is 0.731. The van der Waals surface area contributed by atoms with E-state index < -0.39 is 11.7 Å². The lowest BCUT2D eigenvalue weighted by atomic mass is 9.96. The molecule has 2 unspecified atom stereocenters. The molecule has 2 rings (SSSR count). The van der Waals surface area contributed by atoms with Gasteiger partial charge in [-0.2, -0.15) is 0 Å². The minimum absolute atomic E-state index is 0.0583. The van der Waals surface area contributed by atoms with Crippen molar-refractivity contribution >= 4 is 12.0 Å². The first kappa shape index (κ1) is 19.0. The maximum Gasteiger partial charge on any atom is 0.408 e. The van der Waals surface area contributed by atoms with Crippen LogP contribution < -0.4 is 10.6 Å². The Balaban J connectivity index is 1.99. The molecule has 25 heavy (non-hydrogen) atoms. The van der Waals surface area contributed by atoms with Crippen LogP contribution in [0, 0.1) is 0 Å². The minimum Gasteiger partial charge on any atom is -0.444 e. The number of ether oxygens (including phenoxy) is 1. The van der Waals surface area contributed by atoms with E-state index in [1.807, 2.05) is 12.2 Å². The summed E-state index contributed by atoms with van der Waals surface area (Å²) in [7, 11) is 0. The zero-order chi connectivity index (χ0) is 18.4. The highest BCUT2D eigenvalue weighted by molar-refractivity contribution is 5.94. The zero-order valence-corrected chi connectivity index (χ0v) is 14.9. The Morgan fingerprint density at radius 1 is 1.20 bits per heavy atom. The number of carbonyl (C=O) groups excluding carboxylic acids is 2. The Labute approximate surface area is 148 Å². The molecule has 0 heterocycles. The molecule has 3 N–H and O–H groups in total. The van der Waals surface area contributed by atoms with Crippen molar-refractivity contribution in [3.05, 3.63) is 47.5 Å². The summed E-state index contributed by atoms with van der Waals surface area (Å²) in [6.45, 7) is 5.35. The number of amides is 2. The molecule has 0 aliphatic heterocycles. The lowest BCUT2D eigenvalue weighted by Gasteiger charge is -2.30. The first-order valence-electron chi connectivity index (χ1n) is 8.45. The Kier molecular flexibility index (Phi) is 6.20. The van der Waals surface area contributed by atoms with E-state index in [1.54, 1.807) is 45.0 Å². The number of alkyl carbamates (subject to hydrolysis) is 1. The third kappa shape index (κ3) is 5.90. The molecule has 2 atom stereocenters. The highest BCUT2D eigenvalue weighted by Gasteiger charge is 2.27. The molecule has 1 aromatic carbocycles. The maximum absolute atomic E-state index is 12.4. The van der Waals surface area contributed by atoms with Crippen molar-refractivity contribution in [1.29, 1.82) is 0 Å². The highest BCUT2D eigenvalue weighted by Crippen LogP contribution is 2.15. The molecule has 0 spiro atoms. The van der Waals surface area contributed by atoms with Gasteiger partial charge in [0.25, 0.3) is 5.91 Å². The van der Waals surface area contributed by atoms with Gasteiger partial charge < -0.3 is 20.5 Å². The standard InChI is InChI=1S/C19H26N2O4/c1-19(2,3)25-18(24)21-16-7-5-4-6-15(16)20-17(23)14-10-8-13(12-22)9-11-14/h5,7-11,15-16,22H,4,6,12H2,1-3H3,(H,20,23)(H,21,24). The van der Waals surface area contributed by atoms with Crippen molar-refractivity contribution < 1.29 is 19.4 Å². The summed E-state index contributed by atoms with van der Waals surface area (Å²) in [4.78, 5) is 24.4. The molecule has 0 bridgehead atoms. The number of carbonyl (C=O) groups is 2. The maximum atomic E-state index is 12.4. The number of hydrogen-bond donors (Lipinski definition) is 3. The third-order valence-corrected chi connectivity index (χ3v) is 3.82. The molecule has 0 saturated heterocycles. The number of allylic oxidation sites excluding steroid dienone is 1. The van der Waals surface area contributed by atoms with Crippen LogP contribution in [0.15, 0.2) is 36.4 Å². The Morgan fingerprint density at radius 3 is 2.48 bits per heavy atom. The van der Waals surface area contributed by atoms with Crippen LogP contribution in [0.1, 0.15) is 49.5 Å². The van der Waals surface area contributed by atoms with Crippen LogP contribution in [-0.4, -0.2) is 34.8 Å². The lowest BCUT2D eigenvalue weighted by Crippen LogP contribution is -2.52. The summed E-state index contributed by atoms with van der Waals surface area (Å²) < 4.78 is 5.28. The van der Waals surface area contributed by atoms with Gasteiger partial charge in [-0.25, -0.2) is 4.79 Å². The minimum atomic E-state index is -0.574. The highest BCUT2D eigenvalue weighted by atomic mass is 16.6. The van der Waals surface area contributed by atoms with Crippen LogP contribution >= 0.6 is 0 Å². The second-order valence-electron chi connectivity index (χ2n) is 7.11. The van der Waals surface area contributed by atoms with E-state index >= 15 is 0 Å². The van der Waals surface area contributed by atoms with Gasteiger partial charge >= 0.3 is 6.09 Å². The summed E-state index contributed by atoms with van der Waals surface area (Å²) in [6.07, 6.45) is 4.93. The van der Waals surface area contributed by atoms with E-state index in [9.17, 15) is 9.59 Å². The van der Waals surface area contributed by atoms with Crippen LogP contribution in [0.25, 0.3) is 0 Å². The van der Waals surface area contributed by atoms with Crippen molar-refractivity contribution in [3.8, 4) is 0 Å². The molecule has 6 heteroatoms. The van der Waals surface area contributed by atoms with Gasteiger partial charge in [-0.1, -0.05) is 24.3 Å². The van der Waals surface area contributed by atoms with Gasteiger partial charge in [0.2, 0.25) is 0 Å². The number of aliphatic hydroxyl groups is 1. The number of rotatable bonds is 4. The van der Waals surface area contributed by atoms with E-state index in [2.05, 4.69) is 10.6 Å². The van der Waals surface area contributed by atoms with E-state index in [0.717, 1.165) is 18.4 Å². The van der Waals surface area contributed by atoms with Gasteiger partial charge in [0.1, 0.15) is 5.60 Å². The summed E-state index contributed by atoms with van der Waals surface area (Å²) in [6, 6.07) is 6.26. The largest absolute Gasteiger partial charge is 0.444 e. The molecule has 136 valence electrons. The average molecular weight is 346 g/mol. The molecule has 0 saturated carbocycles. The van der Waals surface area contributed by atoms with Crippen molar-refractivity contribution in [1.82, 2.24) is 10.6 Å². The van der Waals surface area contributed by atoms with Gasteiger partial charge in [0.15, 0.2) is 0 Å². The van der Waals surface area contributed by atoms with E-state index in [4.69, 9.17) is 9.84 Å². The molecule has 1 aromatic rings. The van der Waals surface area contributed by atoms with Gasteiger partial charge in [-0.05, 0) is 51.3 Å². The van der Waals surface area contributed by atoms with Gasteiger partial charge in [0, 0.05) is 5.56 Å². The monoisotopic (exact) mass is 346 g/mol. The molecule has 6 nitrogen and oxygen atoms in total. The van der Waals surface area contributed by atoms with Crippen LogP contribution in [0.2, 0.25) is 0 Å². The van der Waals surface area contributed by atoms with Crippen molar-refractivity contribution in [3.63, 3.8) is 0 Å². The number of hydrogen-bond acceptors (Lipinski definition) is 4. The second-order valence-corrected chi connectivity index (χ2v) is 7.11. The molecule has 0 radical (unpaired) electrons. The summed E-state index contributed by atoms with van der Waals surface area (Å²) in [5.74, 6) is -0.208. The number of aliphatic hydroxyl groups excluding tert-OH is 1. The van der Waals surface area contributed by atoms with E-state index in [1.165, 1.54) is 0 Å². The number of benzene rings is 1. The molecule has 0 aromatic heterocycles. The predicted octanol–water partition coefficient (Wildman–Crippen LogP) is 2.52. The topological polar surface area (TPSA) is 87.7 Å². The molecule has 2 amide bonds. The lowest BCUT2D eigenvalue weighted by molar-refractivity contribution is 0.0499. The van der Waals surface area contributed by atoms with Crippen molar-refractivity contribution in [2.45, 2.75) is 57.9 Å². The van der Waals surface area contributed by atoms with E-state index in [-0.39, 0.29) is 24.6 Å². The Hall–Kier alpha value is -2.34. The molecule has 1 aliphatic rings. The fraction of sp³-hybridized carbons (Fsp3) is 0.474. The summed E-state index contributed by atoms with van der Waals surface area (Å²) >= 11 is 0. The van der Waals surface area contributed by atoms with Crippen molar-refractivity contribution in [2.24, 2.45) is 0 Å².